The molecule has 36 heavy (non-hydrogen) atoms. The zero-order chi connectivity index (χ0) is 25.3. The second-order valence-electron chi connectivity index (χ2n) is 9.64. The van der Waals surface area contributed by atoms with Crippen molar-refractivity contribution in [1.29, 1.82) is 0 Å². The van der Waals surface area contributed by atoms with Gasteiger partial charge in [0.15, 0.2) is 0 Å². The average Bonchev–Trinajstić information content (AvgIpc) is 3.23. The topological polar surface area (TPSA) is 112 Å². The number of aromatic nitrogens is 3. The second kappa shape index (κ2) is 9.91. The summed E-state index contributed by atoms with van der Waals surface area (Å²) in [5, 5.41) is 0.387. The van der Waals surface area contributed by atoms with E-state index in [4.69, 9.17) is 10.5 Å². The molecule has 1 fully saturated rings. The number of hydrogen-bond acceptors (Lipinski definition) is 6. The van der Waals surface area contributed by atoms with Crippen molar-refractivity contribution in [2.75, 3.05) is 12.3 Å². The van der Waals surface area contributed by atoms with Crippen LogP contribution in [-0.4, -0.2) is 34.7 Å². The lowest BCUT2D eigenvalue weighted by Gasteiger charge is -2.36. The highest BCUT2D eigenvalue weighted by Gasteiger charge is 2.33. The van der Waals surface area contributed by atoms with Gasteiger partial charge in [0.2, 0.25) is 10.0 Å². The summed E-state index contributed by atoms with van der Waals surface area (Å²) >= 11 is 0. The van der Waals surface area contributed by atoms with Crippen molar-refractivity contribution < 1.29 is 13.2 Å². The van der Waals surface area contributed by atoms with Gasteiger partial charge in [0, 0.05) is 24.3 Å². The van der Waals surface area contributed by atoms with Crippen molar-refractivity contribution in [3.05, 3.63) is 72.7 Å². The summed E-state index contributed by atoms with van der Waals surface area (Å²) in [6, 6.07) is 18.2. The first-order valence-electron chi connectivity index (χ1n) is 12.2. The number of ether oxygens (including phenoxy) is 1. The number of fused-ring (bicyclic) bond motifs is 1. The van der Waals surface area contributed by atoms with E-state index in [1.807, 2.05) is 54.6 Å². The molecule has 8 nitrogen and oxygen atoms in total. The van der Waals surface area contributed by atoms with E-state index >= 15 is 0 Å². The minimum atomic E-state index is -3.26. The van der Waals surface area contributed by atoms with Crippen molar-refractivity contribution in [3.63, 3.8) is 0 Å². The van der Waals surface area contributed by atoms with Crippen LogP contribution in [0.15, 0.2) is 67.1 Å². The summed E-state index contributed by atoms with van der Waals surface area (Å²) in [5.74, 6) is 1.50. The van der Waals surface area contributed by atoms with Crippen molar-refractivity contribution in [1.82, 2.24) is 19.3 Å². The molecule has 2 aromatic heterocycles. The third kappa shape index (κ3) is 4.94. The highest BCUT2D eigenvalue weighted by Crippen LogP contribution is 2.43. The Labute approximate surface area is 211 Å². The predicted molar refractivity (Wildman–Crippen MR) is 142 cm³/mol. The van der Waals surface area contributed by atoms with Gasteiger partial charge in [0.25, 0.3) is 0 Å². The van der Waals surface area contributed by atoms with Gasteiger partial charge in [0.1, 0.15) is 30.1 Å². The van der Waals surface area contributed by atoms with Crippen LogP contribution in [0.3, 0.4) is 0 Å². The molecule has 0 atom stereocenters. The smallest absolute Gasteiger partial charge is 0.213 e. The second-order valence-corrected chi connectivity index (χ2v) is 12.0. The number of nitrogens with two attached hydrogens (primary N) is 1. The minimum Gasteiger partial charge on any atom is -0.489 e. The fourth-order valence-electron chi connectivity index (χ4n) is 4.59. The molecule has 188 valence electrons. The van der Waals surface area contributed by atoms with Gasteiger partial charge in [-0.1, -0.05) is 42.5 Å². The molecular weight excluding hydrogens is 474 g/mol. The van der Waals surface area contributed by atoms with Gasteiger partial charge < -0.3 is 15.0 Å². The van der Waals surface area contributed by atoms with Crippen molar-refractivity contribution >= 4 is 26.9 Å². The number of nitrogen functional groups attached to an aromatic ring is 1. The van der Waals surface area contributed by atoms with Crippen LogP contribution in [0.2, 0.25) is 0 Å². The van der Waals surface area contributed by atoms with E-state index < -0.39 is 15.3 Å². The number of benzene rings is 2. The fraction of sp³-hybridized carbons (Fsp3) is 0.333. The van der Waals surface area contributed by atoms with Crippen LogP contribution in [-0.2, 0) is 16.6 Å². The van der Waals surface area contributed by atoms with E-state index in [-0.39, 0.29) is 6.04 Å². The zero-order valence-corrected chi connectivity index (χ0v) is 21.3. The van der Waals surface area contributed by atoms with Crippen LogP contribution in [0.5, 0.6) is 5.75 Å². The highest BCUT2D eigenvalue weighted by molar-refractivity contribution is 7.90. The third-order valence-electron chi connectivity index (χ3n) is 6.83. The summed E-state index contributed by atoms with van der Waals surface area (Å²) in [4.78, 5) is 8.79. The van der Waals surface area contributed by atoms with Crippen molar-refractivity contribution in [3.8, 4) is 16.9 Å². The van der Waals surface area contributed by atoms with Gasteiger partial charge in [-0.2, -0.15) is 0 Å². The Morgan fingerprint density at radius 3 is 2.64 bits per heavy atom. The fourth-order valence-corrected chi connectivity index (χ4v) is 5.40. The van der Waals surface area contributed by atoms with Gasteiger partial charge in [-0.05, 0) is 55.9 Å². The lowest BCUT2D eigenvalue weighted by molar-refractivity contribution is 0.204. The predicted octanol–water partition coefficient (Wildman–Crippen LogP) is 4.54. The molecule has 2 aromatic carbocycles. The molecular formula is C27H31N5O3S. The molecule has 0 amide bonds. The molecule has 0 aliphatic heterocycles. The lowest BCUT2D eigenvalue weighted by Crippen LogP contribution is -2.39. The monoisotopic (exact) mass is 505 g/mol. The SMILES string of the molecule is CC(C)S(=O)(=O)NCC1CC(n2cc(-c3cccc(OCc4ccccc4)c3)c3c(N)ncnc32)C1. The molecule has 4 aromatic rings. The quantitative estimate of drug-likeness (QED) is 0.345. The summed E-state index contributed by atoms with van der Waals surface area (Å²) in [7, 11) is -3.26. The maximum Gasteiger partial charge on any atom is 0.213 e. The van der Waals surface area contributed by atoms with Gasteiger partial charge in [0.05, 0.1) is 10.6 Å². The van der Waals surface area contributed by atoms with Crippen LogP contribution in [0.4, 0.5) is 5.82 Å². The summed E-state index contributed by atoms with van der Waals surface area (Å²) < 4.78 is 35.1. The Kier molecular flexibility index (Phi) is 6.68. The highest BCUT2D eigenvalue weighted by atomic mass is 32.2. The van der Waals surface area contributed by atoms with Gasteiger partial charge in [-0.15, -0.1) is 0 Å². The third-order valence-corrected chi connectivity index (χ3v) is 8.64. The van der Waals surface area contributed by atoms with E-state index in [0.29, 0.717) is 24.9 Å². The van der Waals surface area contributed by atoms with Crippen molar-refractivity contribution in [2.24, 2.45) is 5.92 Å². The number of sulfonamides is 1. The first-order chi connectivity index (χ1) is 17.3. The Morgan fingerprint density at radius 1 is 1.11 bits per heavy atom. The van der Waals surface area contributed by atoms with Crippen LogP contribution in [0.25, 0.3) is 22.2 Å². The Balaban J connectivity index is 1.37. The van der Waals surface area contributed by atoms with Crippen LogP contribution >= 0.6 is 0 Å². The van der Waals surface area contributed by atoms with Crippen molar-refractivity contribution in [2.45, 2.75) is 44.6 Å². The molecule has 1 saturated carbocycles. The molecule has 0 radical (unpaired) electrons. The molecule has 2 heterocycles. The van der Waals surface area contributed by atoms with Gasteiger partial charge in [-0.25, -0.2) is 23.1 Å². The zero-order valence-electron chi connectivity index (χ0n) is 20.5. The first kappa shape index (κ1) is 24.3. The summed E-state index contributed by atoms with van der Waals surface area (Å²) in [6.45, 7) is 4.32. The van der Waals surface area contributed by atoms with E-state index in [0.717, 1.165) is 46.3 Å². The normalized spacial score (nSPS) is 17.9. The number of anilines is 1. The molecule has 0 unspecified atom stereocenters. The average molecular weight is 506 g/mol. The van der Waals surface area contributed by atoms with Gasteiger partial charge >= 0.3 is 0 Å². The number of hydrogen-bond donors (Lipinski definition) is 2. The number of nitrogens with one attached hydrogen (secondary N) is 1. The summed E-state index contributed by atoms with van der Waals surface area (Å²) in [5.41, 5.74) is 10.1. The van der Waals surface area contributed by atoms with Crippen LogP contribution in [0.1, 0.15) is 38.3 Å². The summed E-state index contributed by atoms with van der Waals surface area (Å²) in [6.07, 6.45) is 5.32. The van der Waals surface area contributed by atoms with Gasteiger partial charge in [-0.3, -0.25) is 0 Å². The van der Waals surface area contributed by atoms with E-state index in [9.17, 15) is 8.42 Å². The molecule has 9 heteroatoms. The minimum absolute atomic E-state index is 0.224. The van der Waals surface area contributed by atoms with E-state index in [2.05, 4.69) is 25.5 Å². The Bertz CT molecular complexity index is 1460. The Morgan fingerprint density at radius 2 is 1.89 bits per heavy atom. The van der Waals surface area contributed by atoms with E-state index in [1.165, 1.54) is 6.33 Å². The molecule has 0 saturated heterocycles. The first-order valence-corrected chi connectivity index (χ1v) is 13.7. The lowest BCUT2D eigenvalue weighted by atomic mass is 9.80. The molecule has 1 aliphatic carbocycles. The molecule has 0 bridgehead atoms. The maximum atomic E-state index is 12.1. The molecule has 0 spiro atoms. The standard InChI is InChI=1S/C27H31N5O3S/c1-18(2)36(33,34)31-14-20-11-22(12-20)32-15-24(25-26(28)29-17-30-27(25)32)21-9-6-10-23(13-21)35-16-19-7-4-3-5-8-19/h3-10,13,15,17-18,20,22,31H,11-12,14,16H2,1-2H3,(H2,28,29,30). The molecule has 3 N–H and O–H groups in total. The molecule has 5 rings (SSSR count). The van der Waals surface area contributed by atoms with Crippen LogP contribution in [0, 0.1) is 5.92 Å². The Hall–Kier alpha value is -3.43. The molecule has 1 aliphatic rings. The number of rotatable bonds is 9. The maximum absolute atomic E-state index is 12.1. The van der Waals surface area contributed by atoms with E-state index in [1.54, 1.807) is 13.8 Å². The van der Waals surface area contributed by atoms with Crippen LogP contribution < -0.4 is 15.2 Å². The largest absolute Gasteiger partial charge is 0.489 e. The number of nitrogens with zero attached hydrogens (tertiary/aromatic N) is 3.